The van der Waals surface area contributed by atoms with Gasteiger partial charge in [-0.1, -0.05) is 20.8 Å². The number of aliphatic hydroxyl groups is 1. The van der Waals surface area contributed by atoms with Gasteiger partial charge in [-0.25, -0.2) is 4.79 Å². The van der Waals surface area contributed by atoms with Crippen LogP contribution in [0.1, 0.15) is 32.8 Å². The van der Waals surface area contributed by atoms with Gasteiger partial charge in [0.15, 0.2) is 0 Å². The van der Waals surface area contributed by atoms with Gasteiger partial charge in [0.05, 0.1) is 12.6 Å². The Morgan fingerprint density at radius 3 is 2.76 bits per heavy atom. The molecule has 1 saturated heterocycles. The van der Waals surface area contributed by atoms with E-state index in [1.54, 1.807) is 17.3 Å². The van der Waals surface area contributed by atoms with Crippen molar-refractivity contribution < 1.29 is 9.90 Å². The molecule has 5 nitrogen and oxygen atoms in total. The van der Waals surface area contributed by atoms with Crippen LogP contribution >= 0.6 is 0 Å². The van der Waals surface area contributed by atoms with Crippen LogP contribution in [0.5, 0.6) is 0 Å². The van der Waals surface area contributed by atoms with Crippen LogP contribution in [0.25, 0.3) is 0 Å². The first kappa shape index (κ1) is 15.8. The Labute approximate surface area is 126 Å². The number of nitrogens with one attached hydrogen (secondary N) is 1. The Hall–Kier alpha value is -1.62. The average molecular weight is 291 g/mol. The Kier molecular flexibility index (Phi) is 4.83. The number of urea groups is 1. The average Bonchev–Trinajstić information content (AvgIpc) is 2.86. The normalized spacial score (nSPS) is 22.4. The van der Waals surface area contributed by atoms with Crippen molar-refractivity contribution >= 4 is 6.03 Å². The molecule has 0 spiro atoms. The van der Waals surface area contributed by atoms with Gasteiger partial charge in [0, 0.05) is 30.9 Å². The summed E-state index contributed by atoms with van der Waals surface area (Å²) in [5.41, 5.74) is 0.991. The third-order valence-corrected chi connectivity index (χ3v) is 4.47. The van der Waals surface area contributed by atoms with Crippen LogP contribution < -0.4 is 5.32 Å². The van der Waals surface area contributed by atoms with Crippen LogP contribution in [0, 0.1) is 5.92 Å². The molecule has 2 N–H and O–H groups in total. The number of amides is 2. The highest BCUT2D eigenvalue weighted by atomic mass is 16.3. The molecule has 1 aliphatic rings. The highest BCUT2D eigenvalue weighted by Gasteiger charge is 2.34. The number of aliphatic hydroxyl groups excluding tert-OH is 1. The van der Waals surface area contributed by atoms with Crippen LogP contribution in [-0.4, -0.2) is 46.8 Å². The molecule has 2 atom stereocenters. The van der Waals surface area contributed by atoms with Gasteiger partial charge in [-0.15, -0.1) is 0 Å². The first-order chi connectivity index (χ1) is 9.95. The van der Waals surface area contributed by atoms with Gasteiger partial charge in [0.25, 0.3) is 0 Å². The second kappa shape index (κ2) is 6.43. The van der Waals surface area contributed by atoms with Gasteiger partial charge in [0.1, 0.15) is 0 Å². The van der Waals surface area contributed by atoms with Gasteiger partial charge >= 0.3 is 6.03 Å². The Morgan fingerprint density at radius 1 is 1.48 bits per heavy atom. The predicted octanol–water partition coefficient (Wildman–Crippen LogP) is 1.77. The molecule has 2 unspecified atom stereocenters. The van der Waals surface area contributed by atoms with Crippen molar-refractivity contribution in [1.82, 2.24) is 15.2 Å². The van der Waals surface area contributed by atoms with Crippen LogP contribution in [0.2, 0.25) is 0 Å². The largest absolute Gasteiger partial charge is 0.394 e. The summed E-state index contributed by atoms with van der Waals surface area (Å²) in [7, 11) is 0. The number of likely N-dealkylation sites (tertiary alicyclic amines) is 1. The lowest BCUT2D eigenvalue weighted by Gasteiger charge is -2.29. The summed E-state index contributed by atoms with van der Waals surface area (Å²) in [5.74, 6) is 0.356. The lowest BCUT2D eigenvalue weighted by atomic mass is 9.85. The molecule has 1 fully saturated rings. The number of carbonyl (C=O) groups excluding carboxylic acids is 1. The fraction of sp³-hybridized carbons (Fsp3) is 0.625. The molecular weight excluding hydrogens is 266 g/mol. The van der Waals surface area contributed by atoms with E-state index in [0.717, 1.165) is 12.0 Å². The van der Waals surface area contributed by atoms with E-state index in [-0.39, 0.29) is 24.1 Å². The minimum Gasteiger partial charge on any atom is -0.394 e. The smallest absolute Gasteiger partial charge is 0.317 e. The number of hydrogen-bond donors (Lipinski definition) is 2. The van der Waals surface area contributed by atoms with Crippen molar-refractivity contribution in [2.45, 2.75) is 38.6 Å². The molecule has 1 aromatic rings. The summed E-state index contributed by atoms with van der Waals surface area (Å²) >= 11 is 0. The number of hydrogen-bond acceptors (Lipinski definition) is 3. The quantitative estimate of drug-likeness (QED) is 0.888. The minimum atomic E-state index is -0.154. The summed E-state index contributed by atoms with van der Waals surface area (Å²) in [6.45, 7) is 7.57. The van der Waals surface area contributed by atoms with E-state index >= 15 is 0 Å². The summed E-state index contributed by atoms with van der Waals surface area (Å²) < 4.78 is 0. The molecule has 0 saturated carbocycles. The standard InChI is InChI=1S/C16H25N3O2/c1-12-6-9-19(14(12)10-20)15(21)18-11-16(2,3)13-4-7-17-8-5-13/h4-5,7-8,12,14,20H,6,9-11H2,1-3H3,(H,18,21). The van der Waals surface area contributed by atoms with Crippen molar-refractivity contribution in [2.24, 2.45) is 5.92 Å². The van der Waals surface area contributed by atoms with Gasteiger partial charge in [-0.3, -0.25) is 4.98 Å². The molecule has 2 rings (SSSR count). The number of aromatic nitrogens is 1. The van der Waals surface area contributed by atoms with Gasteiger partial charge < -0.3 is 15.3 Å². The van der Waals surface area contributed by atoms with E-state index in [1.807, 2.05) is 12.1 Å². The second-order valence-electron chi connectivity index (χ2n) is 6.49. The summed E-state index contributed by atoms with van der Waals surface area (Å²) in [5, 5.41) is 12.4. The molecule has 1 aromatic heterocycles. The fourth-order valence-corrected chi connectivity index (χ4v) is 2.84. The van der Waals surface area contributed by atoms with Crippen molar-refractivity contribution in [3.63, 3.8) is 0 Å². The topological polar surface area (TPSA) is 65.5 Å². The maximum absolute atomic E-state index is 12.3. The summed E-state index contributed by atoms with van der Waals surface area (Å²) in [6, 6.07) is 3.80. The fourth-order valence-electron chi connectivity index (χ4n) is 2.84. The number of nitrogens with zero attached hydrogens (tertiary/aromatic N) is 2. The molecule has 0 radical (unpaired) electrons. The van der Waals surface area contributed by atoms with Crippen LogP contribution in [0.15, 0.2) is 24.5 Å². The molecule has 1 aliphatic heterocycles. The van der Waals surface area contributed by atoms with Crippen LogP contribution in [-0.2, 0) is 5.41 Å². The molecule has 21 heavy (non-hydrogen) atoms. The Balaban J connectivity index is 1.95. The van der Waals surface area contributed by atoms with Gasteiger partial charge in [-0.05, 0) is 30.0 Å². The molecule has 2 amide bonds. The van der Waals surface area contributed by atoms with Crippen molar-refractivity contribution in [3.05, 3.63) is 30.1 Å². The maximum Gasteiger partial charge on any atom is 0.317 e. The third-order valence-electron chi connectivity index (χ3n) is 4.47. The predicted molar refractivity (Wildman–Crippen MR) is 82.0 cm³/mol. The molecule has 116 valence electrons. The SMILES string of the molecule is CC1CCN(C(=O)NCC(C)(C)c2ccncc2)C1CO. The zero-order valence-electron chi connectivity index (χ0n) is 13.0. The van der Waals surface area contributed by atoms with Gasteiger partial charge in [0.2, 0.25) is 0 Å². The Bertz CT molecular complexity index is 476. The van der Waals surface area contributed by atoms with Crippen molar-refractivity contribution in [1.29, 1.82) is 0 Å². The zero-order valence-corrected chi connectivity index (χ0v) is 13.0. The van der Waals surface area contributed by atoms with Crippen molar-refractivity contribution in [3.8, 4) is 0 Å². The van der Waals surface area contributed by atoms with Crippen LogP contribution in [0.4, 0.5) is 4.79 Å². The summed E-state index contributed by atoms with van der Waals surface area (Å²) in [6.07, 6.45) is 4.48. The monoisotopic (exact) mass is 291 g/mol. The first-order valence-electron chi connectivity index (χ1n) is 7.51. The number of carbonyl (C=O) groups is 1. The number of pyridine rings is 1. The molecule has 5 heteroatoms. The number of rotatable bonds is 4. The minimum absolute atomic E-state index is 0.0301. The van der Waals surface area contributed by atoms with Crippen LogP contribution in [0.3, 0.4) is 0 Å². The highest BCUT2D eigenvalue weighted by molar-refractivity contribution is 5.75. The maximum atomic E-state index is 12.3. The lowest BCUT2D eigenvalue weighted by Crippen LogP contribution is -2.48. The van der Waals surface area contributed by atoms with E-state index in [4.69, 9.17) is 0 Å². The lowest BCUT2D eigenvalue weighted by molar-refractivity contribution is 0.143. The van der Waals surface area contributed by atoms with E-state index in [0.29, 0.717) is 19.0 Å². The third kappa shape index (κ3) is 3.53. The second-order valence-corrected chi connectivity index (χ2v) is 6.49. The Morgan fingerprint density at radius 2 is 2.14 bits per heavy atom. The molecule has 0 bridgehead atoms. The van der Waals surface area contributed by atoms with E-state index in [2.05, 4.69) is 31.1 Å². The summed E-state index contributed by atoms with van der Waals surface area (Å²) in [4.78, 5) is 18.1. The highest BCUT2D eigenvalue weighted by Crippen LogP contribution is 2.24. The molecule has 0 aliphatic carbocycles. The molecule has 2 heterocycles. The van der Waals surface area contributed by atoms with Gasteiger partial charge in [-0.2, -0.15) is 0 Å². The van der Waals surface area contributed by atoms with E-state index in [9.17, 15) is 9.90 Å². The first-order valence-corrected chi connectivity index (χ1v) is 7.51. The van der Waals surface area contributed by atoms with E-state index in [1.165, 1.54) is 0 Å². The molecular formula is C16H25N3O2. The zero-order chi connectivity index (χ0) is 15.5. The van der Waals surface area contributed by atoms with Crippen molar-refractivity contribution in [2.75, 3.05) is 19.7 Å². The molecule has 0 aromatic carbocycles. The van der Waals surface area contributed by atoms with E-state index < -0.39 is 0 Å².